The van der Waals surface area contributed by atoms with Crippen LogP contribution >= 0.6 is 0 Å². The van der Waals surface area contributed by atoms with Gasteiger partial charge in [0.2, 0.25) is 0 Å². The van der Waals surface area contributed by atoms with Crippen LogP contribution in [-0.2, 0) is 16.1 Å². The van der Waals surface area contributed by atoms with Crippen molar-refractivity contribution in [3.8, 4) is 0 Å². The van der Waals surface area contributed by atoms with Gasteiger partial charge in [-0.15, -0.1) is 0 Å². The Balaban J connectivity index is 1.39. The van der Waals surface area contributed by atoms with E-state index in [1.165, 1.54) is 0 Å². The average molecular weight is 401 g/mol. The highest BCUT2D eigenvalue weighted by molar-refractivity contribution is 5.71. The van der Waals surface area contributed by atoms with Gasteiger partial charge in [-0.2, -0.15) is 0 Å². The smallest absolute Gasteiger partial charge is 0.410 e. The fourth-order valence-corrected chi connectivity index (χ4v) is 4.40. The van der Waals surface area contributed by atoms with Crippen molar-refractivity contribution in [3.63, 3.8) is 0 Å². The predicted octanol–water partition coefficient (Wildman–Crippen LogP) is 4.58. The summed E-state index contributed by atoms with van der Waals surface area (Å²) in [7, 11) is 0. The van der Waals surface area contributed by atoms with Gasteiger partial charge in [0, 0.05) is 30.6 Å². The van der Waals surface area contributed by atoms with Crippen LogP contribution in [0.25, 0.3) is 0 Å². The zero-order chi connectivity index (χ0) is 20.6. The molecule has 1 aromatic rings. The number of hydrogen-bond donors (Lipinski definition) is 0. The first-order valence-corrected chi connectivity index (χ1v) is 10.7. The van der Waals surface area contributed by atoms with Gasteiger partial charge >= 0.3 is 12.2 Å². The number of carbonyl (C=O) groups excluding carboxylic acids is 2. The van der Waals surface area contributed by atoms with E-state index in [0.717, 1.165) is 37.7 Å². The van der Waals surface area contributed by atoms with E-state index in [2.05, 4.69) is 0 Å². The first-order valence-electron chi connectivity index (χ1n) is 10.7. The van der Waals surface area contributed by atoms with E-state index in [-0.39, 0.29) is 23.6 Å². The number of rotatable bonds is 4. The lowest BCUT2D eigenvalue weighted by atomic mass is 9.87. The molecule has 1 spiro atoms. The standard InChI is InChI=1S/C23H32N2O4/c1-22(2,3)29-21(27)25(18-9-10-18)19-11-14-24(16-23(19)12-13-23)20(26)28-15-17-7-5-4-6-8-17/h4-8,18-19H,9-16H2,1-3H3. The third-order valence-electron chi connectivity index (χ3n) is 6.12. The summed E-state index contributed by atoms with van der Waals surface area (Å²) >= 11 is 0. The van der Waals surface area contributed by atoms with Gasteiger partial charge < -0.3 is 19.3 Å². The Hall–Kier alpha value is -2.24. The second-order valence-corrected chi connectivity index (χ2v) is 9.75. The van der Waals surface area contributed by atoms with Crippen molar-refractivity contribution in [1.29, 1.82) is 0 Å². The predicted molar refractivity (Wildman–Crippen MR) is 109 cm³/mol. The molecule has 2 saturated carbocycles. The molecule has 0 aromatic heterocycles. The first-order chi connectivity index (χ1) is 13.8. The van der Waals surface area contributed by atoms with E-state index < -0.39 is 5.60 Å². The second kappa shape index (κ2) is 7.54. The number of likely N-dealkylation sites (tertiary alicyclic amines) is 1. The highest BCUT2D eigenvalue weighted by Gasteiger charge is 2.58. The quantitative estimate of drug-likeness (QED) is 0.742. The Bertz CT molecular complexity index is 750. The monoisotopic (exact) mass is 400 g/mol. The molecule has 3 fully saturated rings. The van der Waals surface area contributed by atoms with Gasteiger partial charge in [0.05, 0.1) is 0 Å². The van der Waals surface area contributed by atoms with Gasteiger partial charge in [-0.25, -0.2) is 9.59 Å². The lowest BCUT2D eigenvalue weighted by molar-refractivity contribution is -0.0120. The maximum absolute atomic E-state index is 12.9. The van der Waals surface area contributed by atoms with Crippen molar-refractivity contribution in [2.24, 2.45) is 5.41 Å². The van der Waals surface area contributed by atoms with Crippen molar-refractivity contribution < 1.29 is 19.1 Å². The van der Waals surface area contributed by atoms with Gasteiger partial charge in [-0.1, -0.05) is 30.3 Å². The Morgan fingerprint density at radius 2 is 1.83 bits per heavy atom. The third kappa shape index (κ3) is 4.68. The molecule has 0 N–H and O–H groups in total. The molecule has 3 aliphatic rings. The molecule has 1 unspecified atom stereocenters. The van der Waals surface area contributed by atoms with E-state index in [1.54, 1.807) is 0 Å². The number of piperidine rings is 1. The van der Waals surface area contributed by atoms with Crippen LogP contribution in [-0.4, -0.2) is 52.8 Å². The third-order valence-corrected chi connectivity index (χ3v) is 6.12. The van der Waals surface area contributed by atoms with Crippen molar-refractivity contribution in [2.45, 2.75) is 77.2 Å². The van der Waals surface area contributed by atoms with E-state index in [9.17, 15) is 9.59 Å². The first kappa shape index (κ1) is 20.0. The number of amides is 2. The number of ether oxygens (including phenoxy) is 2. The molecule has 29 heavy (non-hydrogen) atoms. The molecule has 2 aliphatic carbocycles. The van der Waals surface area contributed by atoms with E-state index in [4.69, 9.17) is 9.47 Å². The summed E-state index contributed by atoms with van der Waals surface area (Å²) in [6.07, 6.45) is 4.53. The molecule has 4 rings (SSSR count). The largest absolute Gasteiger partial charge is 0.445 e. The van der Waals surface area contributed by atoms with Crippen LogP contribution in [0.15, 0.2) is 30.3 Å². The second-order valence-electron chi connectivity index (χ2n) is 9.75. The van der Waals surface area contributed by atoms with E-state index in [0.29, 0.717) is 25.7 Å². The Labute approximate surface area is 173 Å². The minimum atomic E-state index is -0.497. The van der Waals surface area contributed by atoms with Gasteiger partial charge in [0.25, 0.3) is 0 Å². The lowest BCUT2D eigenvalue weighted by Crippen LogP contribution is -2.56. The number of nitrogens with zero attached hydrogens (tertiary/aromatic N) is 2. The van der Waals surface area contributed by atoms with Crippen LogP contribution < -0.4 is 0 Å². The number of benzene rings is 1. The molecule has 158 valence electrons. The summed E-state index contributed by atoms with van der Waals surface area (Å²) in [5.41, 5.74) is 0.494. The highest BCUT2D eigenvalue weighted by atomic mass is 16.6. The van der Waals surface area contributed by atoms with Crippen LogP contribution in [0, 0.1) is 5.41 Å². The zero-order valence-corrected chi connectivity index (χ0v) is 17.7. The SMILES string of the molecule is CC(C)(C)OC(=O)N(C1CC1)C1CCN(C(=O)OCc2ccccc2)CC12CC2. The van der Waals surface area contributed by atoms with Crippen molar-refractivity contribution in [2.75, 3.05) is 13.1 Å². The lowest BCUT2D eigenvalue weighted by Gasteiger charge is -2.44. The molecule has 1 saturated heterocycles. The van der Waals surface area contributed by atoms with Crippen LogP contribution in [0.5, 0.6) is 0 Å². The Morgan fingerprint density at radius 3 is 2.41 bits per heavy atom. The van der Waals surface area contributed by atoms with Crippen molar-refractivity contribution in [3.05, 3.63) is 35.9 Å². The van der Waals surface area contributed by atoms with Crippen molar-refractivity contribution >= 4 is 12.2 Å². The molecular formula is C23H32N2O4. The minimum Gasteiger partial charge on any atom is -0.445 e. The van der Waals surface area contributed by atoms with Crippen molar-refractivity contribution in [1.82, 2.24) is 9.80 Å². The molecule has 6 nitrogen and oxygen atoms in total. The molecule has 6 heteroatoms. The molecule has 1 heterocycles. The highest BCUT2D eigenvalue weighted by Crippen LogP contribution is 2.55. The van der Waals surface area contributed by atoms with Gasteiger partial charge in [-0.05, 0) is 58.4 Å². The minimum absolute atomic E-state index is 0.00348. The summed E-state index contributed by atoms with van der Waals surface area (Å²) in [5.74, 6) is 0. The number of hydrogen-bond acceptors (Lipinski definition) is 4. The fourth-order valence-electron chi connectivity index (χ4n) is 4.40. The summed E-state index contributed by atoms with van der Waals surface area (Å²) in [4.78, 5) is 29.4. The molecule has 0 radical (unpaired) electrons. The molecule has 2 amide bonds. The maximum Gasteiger partial charge on any atom is 0.410 e. The zero-order valence-electron chi connectivity index (χ0n) is 17.7. The molecule has 1 aromatic carbocycles. The number of carbonyl (C=O) groups is 2. The van der Waals surface area contributed by atoms with Crippen LogP contribution in [0.4, 0.5) is 9.59 Å². The normalized spacial score (nSPS) is 22.9. The molecule has 0 bridgehead atoms. The summed E-state index contributed by atoms with van der Waals surface area (Å²) in [6.45, 7) is 7.30. The molecular weight excluding hydrogens is 368 g/mol. The Morgan fingerprint density at radius 1 is 1.14 bits per heavy atom. The fraction of sp³-hybridized carbons (Fsp3) is 0.652. The topological polar surface area (TPSA) is 59.1 Å². The van der Waals surface area contributed by atoms with Crippen LogP contribution in [0.2, 0.25) is 0 Å². The van der Waals surface area contributed by atoms with Crippen LogP contribution in [0.3, 0.4) is 0 Å². The average Bonchev–Trinajstić information content (AvgIpc) is 3.58. The summed E-state index contributed by atoms with van der Waals surface area (Å²) in [5, 5.41) is 0. The van der Waals surface area contributed by atoms with E-state index in [1.807, 2.05) is 60.9 Å². The van der Waals surface area contributed by atoms with Gasteiger partial charge in [0.15, 0.2) is 0 Å². The maximum atomic E-state index is 12.9. The molecule has 1 atom stereocenters. The Kier molecular flexibility index (Phi) is 5.21. The summed E-state index contributed by atoms with van der Waals surface area (Å²) < 4.78 is 11.3. The molecule has 1 aliphatic heterocycles. The van der Waals surface area contributed by atoms with Gasteiger partial charge in [-0.3, -0.25) is 0 Å². The van der Waals surface area contributed by atoms with Gasteiger partial charge in [0.1, 0.15) is 12.2 Å². The summed E-state index contributed by atoms with van der Waals surface area (Å²) in [6, 6.07) is 10.2. The van der Waals surface area contributed by atoms with Crippen LogP contribution in [0.1, 0.15) is 58.4 Å². The van der Waals surface area contributed by atoms with E-state index >= 15 is 0 Å².